The van der Waals surface area contributed by atoms with Crippen molar-refractivity contribution in [2.45, 2.75) is 11.1 Å². The molecular formula is C18H16F4N2O2S. The highest BCUT2D eigenvalue weighted by atomic mass is 32.2. The standard InChI is InChI=1S/C18H16F4N2O2S/c1-24(17(26)11-27-13-8-6-12(19)7-9-13)10-16(25)23-15-5-3-2-4-14(15)18(20,21)22/h2-9H,10-11H2,1H3,(H,23,25). The lowest BCUT2D eigenvalue weighted by molar-refractivity contribution is -0.137. The highest BCUT2D eigenvalue weighted by Crippen LogP contribution is 2.34. The zero-order valence-electron chi connectivity index (χ0n) is 14.2. The lowest BCUT2D eigenvalue weighted by Gasteiger charge is -2.18. The predicted molar refractivity (Wildman–Crippen MR) is 94.8 cm³/mol. The Morgan fingerprint density at radius 1 is 1.07 bits per heavy atom. The van der Waals surface area contributed by atoms with Crippen molar-refractivity contribution in [3.8, 4) is 0 Å². The number of carbonyl (C=O) groups excluding carboxylic acids is 2. The molecule has 2 aromatic rings. The summed E-state index contributed by atoms with van der Waals surface area (Å²) in [6.45, 7) is -0.394. The van der Waals surface area contributed by atoms with E-state index in [1.807, 2.05) is 0 Å². The van der Waals surface area contributed by atoms with Gasteiger partial charge in [-0.15, -0.1) is 11.8 Å². The van der Waals surface area contributed by atoms with Gasteiger partial charge in [-0.2, -0.15) is 13.2 Å². The Labute approximate surface area is 157 Å². The van der Waals surface area contributed by atoms with Gasteiger partial charge in [-0.25, -0.2) is 4.39 Å². The van der Waals surface area contributed by atoms with Crippen LogP contribution in [0.4, 0.5) is 23.2 Å². The normalized spacial score (nSPS) is 11.1. The predicted octanol–water partition coefficient (Wildman–Crippen LogP) is 4.03. The maximum Gasteiger partial charge on any atom is 0.418 e. The number of amides is 2. The van der Waals surface area contributed by atoms with E-state index in [2.05, 4.69) is 5.32 Å². The summed E-state index contributed by atoms with van der Waals surface area (Å²) < 4.78 is 51.6. The zero-order valence-corrected chi connectivity index (χ0v) is 15.0. The van der Waals surface area contributed by atoms with Crippen LogP contribution in [0.15, 0.2) is 53.4 Å². The molecule has 0 aliphatic carbocycles. The van der Waals surface area contributed by atoms with Gasteiger partial charge < -0.3 is 10.2 Å². The molecule has 0 atom stereocenters. The van der Waals surface area contributed by atoms with Crippen LogP contribution < -0.4 is 5.32 Å². The maximum absolute atomic E-state index is 12.9. The Balaban J connectivity index is 1.90. The van der Waals surface area contributed by atoms with Crippen molar-refractivity contribution in [3.05, 3.63) is 59.9 Å². The molecule has 9 heteroatoms. The number of nitrogens with one attached hydrogen (secondary N) is 1. The van der Waals surface area contributed by atoms with Gasteiger partial charge >= 0.3 is 6.18 Å². The average molecular weight is 400 g/mol. The molecule has 0 fully saturated rings. The number of thioether (sulfide) groups is 1. The monoisotopic (exact) mass is 400 g/mol. The van der Waals surface area contributed by atoms with Crippen LogP contribution in [-0.4, -0.2) is 36.1 Å². The number of rotatable bonds is 6. The van der Waals surface area contributed by atoms with Gasteiger partial charge in [0.25, 0.3) is 0 Å². The Bertz CT molecular complexity index is 810. The molecule has 0 bridgehead atoms. The van der Waals surface area contributed by atoms with E-state index in [9.17, 15) is 27.2 Å². The summed E-state index contributed by atoms with van der Waals surface area (Å²) in [6, 6.07) is 10.2. The lowest BCUT2D eigenvalue weighted by atomic mass is 10.1. The second-order valence-electron chi connectivity index (χ2n) is 5.58. The topological polar surface area (TPSA) is 49.4 Å². The third-order valence-electron chi connectivity index (χ3n) is 3.49. The van der Waals surface area contributed by atoms with Crippen LogP contribution in [0.3, 0.4) is 0 Å². The molecule has 0 spiro atoms. The molecule has 2 rings (SSSR count). The number of halogens is 4. The first-order valence-corrected chi connectivity index (χ1v) is 8.74. The molecule has 2 amide bonds. The minimum absolute atomic E-state index is 0.00848. The van der Waals surface area contributed by atoms with Gasteiger partial charge in [-0.3, -0.25) is 9.59 Å². The first-order chi connectivity index (χ1) is 12.7. The number of anilines is 1. The molecule has 0 aliphatic rings. The van der Waals surface area contributed by atoms with Crippen LogP contribution in [-0.2, 0) is 15.8 Å². The van der Waals surface area contributed by atoms with Crippen molar-refractivity contribution >= 4 is 29.3 Å². The van der Waals surface area contributed by atoms with Gasteiger partial charge in [0.15, 0.2) is 0 Å². The SMILES string of the molecule is CN(CC(=O)Nc1ccccc1C(F)(F)F)C(=O)CSc1ccc(F)cc1. The number of para-hydroxylation sites is 1. The van der Waals surface area contributed by atoms with Crippen molar-refractivity contribution in [2.24, 2.45) is 0 Å². The van der Waals surface area contributed by atoms with Gasteiger partial charge in [-0.1, -0.05) is 12.1 Å². The Kier molecular flexibility index (Phi) is 6.84. The third-order valence-corrected chi connectivity index (χ3v) is 4.49. The van der Waals surface area contributed by atoms with E-state index < -0.39 is 30.0 Å². The second-order valence-corrected chi connectivity index (χ2v) is 6.63. The van der Waals surface area contributed by atoms with Gasteiger partial charge in [-0.05, 0) is 36.4 Å². The number of hydrogen-bond donors (Lipinski definition) is 1. The van der Waals surface area contributed by atoms with E-state index in [0.717, 1.165) is 28.8 Å². The number of alkyl halides is 3. The summed E-state index contributed by atoms with van der Waals surface area (Å²) in [4.78, 5) is 25.9. The average Bonchev–Trinajstić information content (AvgIpc) is 2.60. The van der Waals surface area contributed by atoms with Crippen LogP contribution >= 0.6 is 11.8 Å². The molecular weight excluding hydrogens is 384 g/mol. The Hall–Kier alpha value is -2.55. The highest BCUT2D eigenvalue weighted by molar-refractivity contribution is 8.00. The minimum Gasteiger partial charge on any atom is -0.336 e. The molecule has 27 heavy (non-hydrogen) atoms. The van der Waals surface area contributed by atoms with Gasteiger partial charge in [0.1, 0.15) is 5.82 Å². The van der Waals surface area contributed by atoms with Gasteiger partial charge in [0.05, 0.1) is 23.5 Å². The minimum atomic E-state index is -4.60. The highest BCUT2D eigenvalue weighted by Gasteiger charge is 2.33. The molecule has 0 saturated carbocycles. The summed E-state index contributed by atoms with van der Waals surface area (Å²) in [5.74, 6) is -1.51. The van der Waals surface area contributed by atoms with Crippen molar-refractivity contribution in [3.63, 3.8) is 0 Å². The molecule has 4 nitrogen and oxygen atoms in total. The largest absolute Gasteiger partial charge is 0.418 e. The van der Waals surface area contributed by atoms with Crippen LogP contribution in [0.2, 0.25) is 0 Å². The Morgan fingerprint density at radius 2 is 1.70 bits per heavy atom. The number of nitrogens with zero attached hydrogens (tertiary/aromatic N) is 1. The second kappa shape index (κ2) is 8.90. The van der Waals surface area contributed by atoms with Crippen LogP contribution in [0.25, 0.3) is 0 Å². The number of likely N-dealkylation sites (N-methyl/N-ethyl adjacent to an activating group) is 1. The van der Waals surface area contributed by atoms with Crippen molar-refractivity contribution in [1.82, 2.24) is 4.90 Å². The number of benzene rings is 2. The summed E-state index contributed by atoms with van der Waals surface area (Å²) >= 11 is 1.16. The molecule has 0 radical (unpaired) electrons. The smallest absolute Gasteiger partial charge is 0.336 e. The molecule has 144 valence electrons. The number of carbonyl (C=O) groups is 2. The summed E-state index contributed by atoms with van der Waals surface area (Å²) in [7, 11) is 1.38. The van der Waals surface area contributed by atoms with E-state index >= 15 is 0 Å². The fourth-order valence-corrected chi connectivity index (χ4v) is 2.96. The molecule has 1 N–H and O–H groups in total. The molecule has 0 aliphatic heterocycles. The third kappa shape index (κ3) is 6.28. The van der Waals surface area contributed by atoms with Crippen LogP contribution in [0.5, 0.6) is 0 Å². The van der Waals surface area contributed by atoms with Crippen molar-refractivity contribution in [1.29, 1.82) is 0 Å². The Morgan fingerprint density at radius 3 is 2.33 bits per heavy atom. The fraction of sp³-hybridized carbons (Fsp3) is 0.222. The molecule has 2 aromatic carbocycles. The molecule has 0 aromatic heterocycles. The first kappa shape index (κ1) is 20.8. The van der Waals surface area contributed by atoms with Crippen LogP contribution in [0, 0.1) is 5.82 Å². The number of hydrogen-bond acceptors (Lipinski definition) is 3. The maximum atomic E-state index is 12.9. The fourth-order valence-electron chi connectivity index (χ4n) is 2.12. The van der Waals surface area contributed by atoms with E-state index in [4.69, 9.17) is 0 Å². The molecule has 0 heterocycles. The molecule has 0 unspecified atom stereocenters. The van der Waals surface area contributed by atoms with Crippen LogP contribution in [0.1, 0.15) is 5.56 Å². The van der Waals surface area contributed by atoms with Gasteiger partial charge in [0, 0.05) is 11.9 Å². The first-order valence-electron chi connectivity index (χ1n) is 7.75. The van der Waals surface area contributed by atoms with Crippen molar-refractivity contribution in [2.75, 3.05) is 24.7 Å². The van der Waals surface area contributed by atoms with Crippen molar-refractivity contribution < 1.29 is 27.2 Å². The lowest BCUT2D eigenvalue weighted by Crippen LogP contribution is -2.36. The summed E-state index contributed by atoms with van der Waals surface area (Å²) in [6.07, 6.45) is -4.60. The quantitative estimate of drug-likeness (QED) is 0.588. The van der Waals surface area contributed by atoms with E-state index in [-0.39, 0.29) is 17.3 Å². The zero-order chi connectivity index (χ0) is 20.0. The van der Waals surface area contributed by atoms with E-state index in [1.165, 1.54) is 43.4 Å². The van der Waals surface area contributed by atoms with Gasteiger partial charge in [0.2, 0.25) is 11.8 Å². The van der Waals surface area contributed by atoms with E-state index in [0.29, 0.717) is 4.90 Å². The summed E-state index contributed by atoms with van der Waals surface area (Å²) in [5, 5.41) is 2.18. The summed E-state index contributed by atoms with van der Waals surface area (Å²) in [5.41, 5.74) is -1.32. The molecule has 0 saturated heterocycles. The van der Waals surface area contributed by atoms with E-state index in [1.54, 1.807) is 0 Å².